The highest BCUT2D eigenvalue weighted by molar-refractivity contribution is 7.90. The largest absolute Gasteiger partial charge is 0.367 e. The highest BCUT2D eigenvalue weighted by Gasteiger charge is 2.35. The molecule has 10 heteroatoms. The van der Waals surface area contributed by atoms with Crippen molar-refractivity contribution in [1.29, 1.82) is 0 Å². The molecule has 3 rings (SSSR count). The molecule has 0 aliphatic carbocycles. The van der Waals surface area contributed by atoms with Crippen molar-refractivity contribution in [2.75, 3.05) is 31.0 Å². The van der Waals surface area contributed by atoms with E-state index in [1.165, 1.54) is 11.4 Å². The summed E-state index contributed by atoms with van der Waals surface area (Å²) in [5, 5.41) is 3.57. The Morgan fingerprint density at radius 2 is 2.23 bits per heavy atom. The minimum atomic E-state index is -3.61. The maximum atomic E-state index is 12.1. The molecular weight excluding hydrogens is 330 g/mol. The smallest absolute Gasteiger partial charge is 0.302 e. The lowest BCUT2D eigenvalue weighted by Gasteiger charge is -2.29. The van der Waals surface area contributed by atoms with Gasteiger partial charge >= 0.3 is 10.2 Å². The van der Waals surface area contributed by atoms with Crippen LogP contribution in [-0.4, -0.2) is 51.2 Å². The first-order chi connectivity index (χ1) is 10.4. The van der Waals surface area contributed by atoms with Gasteiger partial charge < -0.3 is 10.1 Å². The van der Waals surface area contributed by atoms with Crippen LogP contribution in [0.3, 0.4) is 0 Å². The minimum Gasteiger partial charge on any atom is -0.367 e. The van der Waals surface area contributed by atoms with Crippen LogP contribution >= 0.6 is 11.6 Å². The van der Waals surface area contributed by atoms with Gasteiger partial charge in [-0.2, -0.15) is 8.42 Å². The quantitative estimate of drug-likeness (QED) is 0.747. The zero-order chi connectivity index (χ0) is 15.9. The molecule has 0 radical (unpaired) electrons. The lowest BCUT2D eigenvalue weighted by molar-refractivity contribution is -0.00554. The van der Waals surface area contributed by atoms with Crippen molar-refractivity contribution in [1.82, 2.24) is 20.0 Å². The van der Waals surface area contributed by atoms with Crippen LogP contribution in [-0.2, 0) is 21.4 Å². The molecule has 2 aliphatic heterocycles. The third-order valence-corrected chi connectivity index (χ3v) is 5.64. The predicted molar refractivity (Wildman–Crippen MR) is 82.2 cm³/mol. The Balaban J connectivity index is 2.03. The molecule has 1 fully saturated rings. The summed E-state index contributed by atoms with van der Waals surface area (Å²) in [6.07, 6.45) is 0.144. The Labute approximate surface area is 134 Å². The molecule has 8 nitrogen and oxygen atoms in total. The maximum absolute atomic E-state index is 12.1. The molecule has 0 spiro atoms. The zero-order valence-corrected chi connectivity index (χ0v) is 13.9. The van der Waals surface area contributed by atoms with E-state index in [0.29, 0.717) is 36.8 Å². The van der Waals surface area contributed by atoms with E-state index in [1.807, 2.05) is 6.92 Å². The maximum Gasteiger partial charge on any atom is 0.302 e. The summed E-state index contributed by atoms with van der Waals surface area (Å²) in [7, 11) is -2.24. The van der Waals surface area contributed by atoms with Crippen molar-refractivity contribution in [3.63, 3.8) is 0 Å². The van der Waals surface area contributed by atoms with Crippen LogP contribution in [0.4, 0.5) is 5.82 Å². The van der Waals surface area contributed by atoms with E-state index >= 15 is 0 Å². The molecule has 0 amide bonds. The van der Waals surface area contributed by atoms with E-state index in [0.717, 1.165) is 6.54 Å². The number of nitrogens with one attached hydrogen (secondary N) is 2. The molecule has 1 saturated heterocycles. The first-order valence-electron chi connectivity index (χ1n) is 7.06. The van der Waals surface area contributed by atoms with Crippen LogP contribution in [0.5, 0.6) is 0 Å². The summed E-state index contributed by atoms with van der Waals surface area (Å²) in [5.41, 5.74) is 0.653. The van der Waals surface area contributed by atoms with Crippen molar-refractivity contribution < 1.29 is 13.2 Å². The molecule has 0 bridgehead atoms. The molecule has 2 atom stereocenters. The van der Waals surface area contributed by atoms with Crippen LogP contribution in [0.15, 0.2) is 0 Å². The Hall–Kier alpha value is -1.00. The Kier molecular flexibility index (Phi) is 4.25. The number of anilines is 1. The number of morpholine rings is 1. The fourth-order valence-corrected chi connectivity index (χ4v) is 3.89. The average molecular weight is 348 g/mol. The summed E-state index contributed by atoms with van der Waals surface area (Å²) in [5.74, 6) is 0.743. The molecule has 1 aromatic heterocycles. The fraction of sp³-hybridized carbons (Fsp3) is 0.667. The van der Waals surface area contributed by atoms with Crippen LogP contribution in [0.2, 0.25) is 5.15 Å². The van der Waals surface area contributed by atoms with E-state index in [2.05, 4.69) is 20.0 Å². The Bertz CT molecular complexity index is 684. The number of rotatable bonds is 3. The normalized spacial score (nSPS) is 25.3. The summed E-state index contributed by atoms with van der Waals surface area (Å²) in [6.45, 7) is 3.58. The van der Waals surface area contributed by atoms with Gasteiger partial charge in [0.15, 0.2) is 11.6 Å². The second kappa shape index (κ2) is 5.89. The SMILES string of the molecule is CNS(=O)(=O)N1CCc2c(Cl)nc([C@@H]3OCCNC3C)nc21. The Morgan fingerprint density at radius 3 is 2.91 bits per heavy atom. The number of fused-ring (bicyclic) bond motifs is 1. The lowest BCUT2D eigenvalue weighted by Crippen LogP contribution is -2.42. The van der Waals surface area contributed by atoms with Crippen molar-refractivity contribution in [3.8, 4) is 0 Å². The molecule has 22 heavy (non-hydrogen) atoms. The molecule has 1 unspecified atom stereocenters. The second-order valence-electron chi connectivity index (χ2n) is 5.24. The van der Waals surface area contributed by atoms with E-state index in [1.54, 1.807) is 0 Å². The van der Waals surface area contributed by atoms with E-state index in [9.17, 15) is 8.42 Å². The van der Waals surface area contributed by atoms with Gasteiger partial charge in [-0.25, -0.2) is 19.0 Å². The fourth-order valence-electron chi connectivity index (χ4n) is 2.70. The average Bonchev–Trinajstić information content (AvgIpc) is 2.93. The molecule has 0 saturated carbocycles. The number of halogens is 1. The van der Waals surface area contributed by atoms with Crippen molar-refractivity contribution in [2.45, 2.75) is 25.5 Å². The number of hydrogen-bond donors (Lipinski definition) is 2. The monoisotopic (exact) mass is 347 g/mol. The van der Waals surface area contributed by atoms with Gasteiger partial charge in [-0.15, -0.1) is 0 Å². The highest BCUT2D eigenvalue weighted by atomic mass is 35.5. The molecule has 122 valence electrons. The molecule has 0 aromatic carbocycles. The van der Waals surface area contributed by atoms with Gasteiger partial charge in [0.25, 0.3) is 0 Å². The van der Waals surface area contributed by atoms with E-state index < -0.39 is 10.2 Å². The van der Waals surface area contributed by atoms with Crippen LogP contribution < -0.4 is 14.3 Å². The molecule has 1 aromatic rings. The first-order valence-corrected chi connectivity index (χ1v) is 8.88. The minimum absolute atomic E-state index is 0.0265. The van der Waals surface area contributed by atoms with Gasteiger partial charge in [0.1, 0.15) is 11.3 Å². The van der Waals surface area contributed by atoms with Gasteiger partial charge in [0, 0.05) is 31.7 Å². The number of nitrogens with zero attached hydrogens (tertiary/aromatic N) is 3. The van der Waals surface area contributed by atoms with Crippen LogP contribution in [0.1, 0.15) is 24.4 Å². The van der Waals surface area contributed by atoms with E-state index in [-0.39, 0.29) is 17.3 Å². The molecule has 2 N–H and O–H groups in total. The summed E-state index contributed by atoms with van der Waals surface area (Å²) >= 11 is 6.23. The molecule has 3 heterocycles. The highest BCUT2D eigenvalue weighted by Crippen LogP contribution is 2.34. The predicted octanol–water partition coefficient (Wildman–Crippen LogP) is 0.00610. The third-order valence-electron chi connectivity index (χ3n) is 3.88. The van der Waals surface area contributed by atoms with Crippen molar-refractivity contribution in [2.24, 2.45) is 0 Å². The molecule has 2 aliphatic rings. The third kappa shape index (κ3) is 2.67. The standard InChI is InChI=1S/C12H18ClN5O3S/c1-7-9(21-6-4-15-7)11-16-10(13)8-3-5-18(12(8)17-11)22(19,20)14-2/h7,9,14-15H,3-6H2,1-2H3/t7?,9-/m1/s1. The van der Waals surface area contributed by atoms with Crippen LogP contribution in [0, 0.1) is 0 Å². The topological polar surface area (TPSA) is 96.5 Å². The number of hydrogen-bond acceptors (Lipinski definition) is 6. The summed E-state index contributed by atoms with van der Waals surface area (Å²) < 4.78 is 33.4. The van der Waals surface area contributed by atoms with Crippen LogP contribution in [0.25, 0.3) is 0 Å². The zero-order valence-electron chi connectivity index (χ0n) is 12.3. The van der Waals surface area contributed by atoms with Crippen molar-refractivity contribution in [3.05, 3.63) is 16.5 Å². The first kappa shape index (κ1) is 15.9. The van der Waals surface area contributed by atoms with Gasteiger partial charge in [-0.1, -0.05) is 11.6 Å². The number of ether oxygens (including phenoxy) is 1. The van der Waals surface area contributed by atoms with Gasteiger partial charge in [-0.05, 0) is 13.3 Å². The molecular formula is C12H18ClN5O3S. The van der Waals surface area contributed by atoms with Crippen molar-refractivity contribution >= 4 is 27.6 Å². The number of aromatic nitrogens is 2. The lowest BCUT2D eigenvalue weighted by atomic mass is 10.1. The van der Waals surface area contributed by atoms with Gasteiger partial charge in [0.05, 0.1) is 6.61 Å². The Morgan fingerprint density at radius 1 is 1.45 bits per heavy atom. The van der Waals surface area contributed by atoms with Gasteiger partial charge in [-0.3, -0.25) is 0 Å². The summed E-state index contributed by atoms with van der Waals surface area (Å²) in [6, 6.07) is 0.0265. The van der Waals surface area contributed by atoms with Gasteiger partial charge in [0.2, 0.25) is 0 Å². The second-order valence-corrected chi connectivity index (χ2v) is 7.40. The van der Waals surface area contributed by atoms with E-state index in [4.69, 9.17) is 16.3 Å². The summed E-state index contributed by atoms with van der Waals surface area (Å²) in [4.78, 5) is 8.74.